The van der Waals surface area contributed by atoms with Crippen LogP contribution in [0.2, 0.25) is 0 Å². The number of carbonyl (C=O) groups excluding carboxylic acids is 2. The van der Waals surface area contributed by atoms with E-state index in [1.54, 1.807) is 0 Å². The number of ether oxygens (including phenoxy) is 1. The standard InChI is InChI=1S/C13H16BrNO3S/c1-18-13(17)8-2-4-10(5-3-8)15-12(16)9-6-11(14)19-7-9/h6-8,10H,2-5H2,1H3,(H,15,16). The quantitative estimate of drug-likeness (QED) is 0.856. The molecule has 0 spiro atoms. The average Bonchev–Trinajstić information content (AvgIpc) is 2.85. The van der Waals surface area contributed by atoms with E-state index in [-0.39, 0.29) is 23.8 Å². The molecule has 1 amide bonds. The second kappa shape index (κ2) is 6.52. The Morgan fingerprint density at radius 3 is 2.58 bits per heavy atom. The van der Waals surface area contributed by atoms with Crippen LogP contribution >= 0.6 is 27.3 Å². The fraction of sp³-hybridized carbons (Fsp3) is 0.538. The number of esters is 1. The van der Waals surface area contributed by atoms with Gasteiger partial charge in [0.05, 0.1) is 22.4 Å². The summed E-state index contributed by atoms with van der Waals surface area (Å²) in [6, 6.07) is 1.98. The van der Waals surface area contributed by atoms with Gasteiger partial charge in [-0.25, -0.2) is 0 Å². The van der Waals surface area contributed by atoms with Gasteiger partial charge in [0.2, 0.25) is 0 Å². The lowest BCUT2D eigenvalue weighted by atomic mass is 9.86. The fourth-order valence-corrected chi connectivity index (χ4v) is 3.47. The molecule has 0 radical (unpaired) electrons. The molecule has 0 saturated heterocycles. The molecule has 0 atom stereocenters. The van der Waals surface area contributed by atoms with Crippen molar-refractivity contribution in [2.75, 3.05) is 7.11 Å². The maximum absolute atomic E-state index is 12.0. The first kappa shape index (κ1) is 14.5. The first-order valence-corrected chi connectivity index (χ1v) is 7.90. The van der Waals surface area contributed by atoms with E-state index in [0.29, 0.717) is 5.56 Å². The summed E-state index contributed by atoms with van der Waals surface area (Å²) in [7, 11) is 1.42. The van der Waals surface area contributed by atoms with Gasteiger partial charge in [0.25, 0.3) is 5.91 Å². The summed E-state index contributed by atoms with van der Waals surface area (Å²) in [5.74, 6) is -0.177. The summed E-state index contributed by atoms with van der Waals surface area (Å²) in [6.07, 6.45) is 3.23. The molecule has 1 N–H and O–H groups in total. The van der Waals surface area contributed by atoms with Crippen molar-refractivity contribution in [3.05, 3.63) is 20.8 Å². The number of hydrogen-bond acceptors (Lipinski definition) is 4. The summed E-state index contributed by atoms with van der Waals surface area (Å²) in [6.45, 7) is 0. The molecule has 104 valence electrons. The van der Waals surface area contributed by atoms with E-state index in [1.807, 2.05) is 11.4 Å². The highest BCUT2D eigenvalue weighted by Crippen LogP contribution is 2.26. The van der Waals surface area contributed by atoms with Crippen molar-refractivity contribution in [1.29, 1.82) is 0 Å². The number of halogens is 1. The maximum atomic E-state index is 12.0. The van der Waals surface area contributed by atoms with E-state index in [1.165, 1.54) is 18.4 Å². The lowest BCUT2D eigenvalue weighted by molar-refractivity contribution is -0.146. The predicted molar refractivity (Wildman–Crippen MR) is 77.2 cm³/mol. The molecule has 0 bridgehead atoms. The van der Waals surface area contributed by atoms with Crippen molar-refractivity contribution in [2.24, 2.45) is 5.92 Å². The van der Waals surface area contributed by atoms with E-state index < -0.39 is 0 Å². The lowest BCUT2D eigenvalue weighted by Gasteiger charge is -2.27. The van der Waals surface area contributed by atoms with Crippen LogP contribution in [-0.4, -0.2) is 25.0 Å². The molecule has 1 heterocycles. The molecule has 1 aliphatic rings. The number of hydrogen-bond donors (Lipinski definition) is 1. The van der Waals surface area contributed by atoms with Gasteiger partial charge in [0.15, 0.2) is 0 Å². The van der Waals surface area contributed by atoms with Crippen LogP contribution in [0.5, 0.6) is 0 Å². The van der Waals surface area contributed by atoms with Gasteiger partial charge in [-0.05, 0) is 47.7 Å². The van der Waals surface area contributed by atoms with Gasteiger partial charge in [-0.3, -0.25) is 9.59 Å². The number of methoxy groups -OCH3 is 1. The molecule has 1 aromatic heterocycles. The van der Waals surface area contributed by atoms with Crippen LogP contribution in [0.4, 0.5) is 0 Å². The van der Waals surface area contributed by atoms with Gasteiger partial charge in [-0.1, -0.05) is 0 Å². The highest BCUT2D eigenvalue weighted by atomic mass is 79.9. The molecule has 19 heavy (non-hydrogen) atoms. The fourth-order valence-electron chi connectivity index (χ4n) is 2.34. The summed E-state index contributed by atoms with van der Waals surface area (Å²) < 4.78 is 5.70. The van der Waals surface area contributed by atoms with Crippen LogP contribution in [0.3, 0.4) is 0 Å². The van der Waals surface area contributed by atoms with Crippen LogP contribution in [-0.2, 0) is 9.53 Å². The molecule has 2 rings (SSSR count). The molecule has 4 nitrogen and oxygen atoms in total. The van der Waals surface area contributed by atoms with Crippen LogP contribution in [0.15, 0.2) is 15.2 Å². The van der Waals surface area contributed by atoms with Crippen molar-refractivity contribution in [3.8, 4) is 0 Å². The van der Waals surface area contributed by atoms with Crippen LogP contribution in [0.25, 0.3) is 0 Å². The summed E-state index contributed by atoms with van der Waals surface area (Å²) in [4.78, 5) is 23.4. The Morgan fingerprint density at radius 1 is 1.37 bits per heavy atom. The molecule has 1 saturated carbocycles. The van der Waals surface area contributed by atoms with Crippen molar-refractivity contribution in [3.63, 3.8) is 0 Å². The van der Waals surface area contributed by atoms with Crippen molar-refractivity contribution in [1.82, 2.24) is 5.32 Å². The number of nitrogens with one attached hydrogen (secondary N) is 1. The largest absolute Gasteiger partial charge is 0.469 e. The Labute approximate surface area is 124 Å². The zero-order valence-electron chi connectivity index (χ0n) is 10.6. The highest BCUT2D eigenvalue weighted by molar-refractivity contribution is 9.11. The highest BCUT2D eigenvalue weighted by Gasteiger charge is 2.27. The third-order valence-corrected chi connectivity index (χ3v) is 4.93. The van der Waals surface area contributed by atoms with Gasteiger partial charge in [0, 0.05) is 11.4 Å². The number of thiophene rings is 1. The third-order valence-electron chi connectivity index (χ3n) is 3.43. The summed E-state index contributed by atoms with van der Waals surface area (Å²) in [5, 5.41) is 4.85. The van der Waals surface area contributed by atoms with Crippen LogP contribution in [0.1, 0.15) is 36.0 Å². The van der Waals surface area contributed by atoms with Crippen molar-refractivity contribution >= 4 is 39.1 Å². The Balaban J connectivity index is 1.82. The average molecular weight is 346 g/mol. The minimum absolute atomic E-state index is 0.00607. The second-order valence-corrected chi connectivity index (χ2v) is 6.98. The topological polar surface area (TPSA) is 55.4 Å². The van der Waals surface area contributed by atoms with Gasteiger partial charge in [0.1, 0.15) is 0 Å². The molecule has 1 fully saturated rings. The minimum atomic E-state index is -0.133. The lowest BCUT2D eigenvalue weighted by Crippen LogP contribution is -2.38. The molecule has 1 aliphatic carbocycles. The molecular weight excluding hydrogens is 330 g/mol. The van der Waals surface area contributed by atoms with Gasteiger partial charge < -0.3 is 10.1 Å². The van der Waals surface area contributed by atoms with E-state index in [0.717, 1.165) is 29.5 Å². The Hall–Kier alpha value is -0.880. The monoisotopic (exact) mass is 345 g/mol. The van der Waals surface area contributed by atoms with Crippen molar-refractivity contribution in [2.45, 2.75) is 31.7 Å². The maximum Gasteiger partial charge on any atom is 0.308 e. The third kappa shape index (κ3) is 3.79. The summed E-state index contributed by atoms with van der Waals surface area (Å²) >= 11 is 4.84. The van der Waals surface area contributed by atoms with Crippen LogP contribution in [0, 0.1) is 5.92 Å². The van der Waals surface area contributed by atoms with E-state index in [9.17, 15) is 9.59 Å². The smallest absolute Gasteiger partial charge is 0.308 e. The van der Waals surface area contributed by atoms with Crippen molar-refractivity contribution < 1.29 is 14.3 Å². The van der Waals surface area contributed by atoms with Gasteiger partial charge in [-0.15, -0.1) is 11.3 Å². The zero-order valence-corrected chi connectivity index (χ0v) is 13.1. The molecule has 0 aliphatic heterocycles. The SMILES string of the molecule is COC(=O)C1CCC(NC(=O)c2csc(Br)c2)CC1. The van der Waals surface area contributed by atoms with E-state index in [4.69, 9.17) is 4.74 Å². The van der Waals surface area contributed by atoms with E-state index >= 15 is 0 Å². The second-order valence-electron chi connectivity index (χ2n) is 4.68. The predicted octanol–water partition coefficient (Wildman–Crippen LogP) is 2.97. The zero-order chi connectivity index (χ0) is 13.8. The Morgan fingerprint density at radius 2 is 2.05 bits per heavy atom. The number of amides is 1. The van der Waals surface area contributed by atoms with Gasteiger partial charge >= 0.3 is 5.97 Å². The van der Waals surface area contributed by atoms with Gasteiger partial charge in [-0.2, -0.15) is 0 Å². The normalized spacial score (nSPS) is 22.8. The van der Waals surface area contributed by atoms with Crippen LogP contribution < -0.4 is 5.32 Å². The summed E-state index contributed by atoms with van der Waals surface area (Å²) in [5.41, 5.74) is 0.687. The Bertz CT molecular complexity index is 466. The number of rotatable bonds is 3. The van der Waals surface area contributed by atoms with E-state index in [2.05, 4.69) is 21.2 Å². The first-order valence-electron chi connectivity index (χ1n) is 6.23. The molecule has 6 heteroatoms. The molecular formula is C13H16BrNO3S. The molecule has 0 unspecified atom stereocenters. The molecule has 1 aromatic rings. The first-order chi connectivity index (χ1) is 9.10. The minimum Gasteiger partial charge on any atom is -0.469 e. The Kier molecular flexibility index (Phi) is 4.99. The number of carbonyl (C=O) groups is 2. The molecule has 0 aromatic carbocycles.